The van der Waals surface area contributed by atoms with Gasteiger partial charge in [0, 0.05) is 6.54 Å². The van der Waals surface area contributed by atoms with E-state index in [2.05, 4.69) is 4.72 Å². The summed E-state index contributed by atoms with van der Waals surface area (Å²) < 4.78 is 26.6. The van der Waals surface area contributed by atoms with Crippen LogP contribution in [0.3, 0.4) is 0 Å². The number of benzene rings is 1. The molecule has 6 heteroatoms. The molecule has 0 aliphatic heterocycles. The molecular weight excluding hydrogens is 266 g/mol. The first kappa shape index (κ1) is 15.7. The Kier molecular flexibility index (Phi) is 4.70. The maximum atomic E-state index is 12.1. The van der Waals surface area contributed by atoms with E-state index in [1.165, 1.54) is 18.2 Å². The third-order valence-corrected chi connectivity index (χ3v) is 4.49. The number of aromatic carboxylic acids is 1. The summed E-state index contributed by atoms with van der Waals surface area (Å²) >= 11 is 0. The van der Waals surface area contributed by atoms with Crippen LogP contribution in [0, 0.1) is 5.41 Å². The normalized spacial score (nSPS) is 12.4. The maximum Gasteiger partial charge on any atom is 0.335 e. The van der Waals surface area contributed by atoms with E-state index in [-0.39, 0.29) is 15.9 Å². The molecule has 19 heavy (non-hydrogen) atoms. The van der Waals surface area contributed by atoms with Crippen LogP contribution in [-0.2, 0) is 10.0 Å². The fraction of sp³-hybridized carbons (Fsp3) is 0.462. The minimum Gasteiger partial charge on any atom is -0.478 e. The molecule has 0 aliphatic rings. The molecule has 1 rings (SSSR count). The Bertz CT molecular complexity index is 564. The number of carboxylic acid groups (broad SMARTS) is 1. The van der Waals surface area contributed by atoms with Gasteiger partial charge in [-0.3, -0.25) is 0 Å². The number of sulfonamides is 1. The fourth-order valence-electron chi connectivity index (χ4n) is 1.29. The minimum absolute atomic E-state index is 0.0284. The lowest BCUT2D eigenvalue weighted by atomic mass is 9.91. The maximum absolute atomic E-state index is 12.1. The van der Waals surface area contributed by atoms with Gasteiger partial charge in [0.1, 0.15) is 0 Å². The van der Waals surface area contributed by atoms with Crippen LogP contribution in [-0.4, -0.2) is 26.0 Å². The molecule has 1 aromatic carbocycles. The predicted octanol–water partition coefficient (Wildman–Crippen LogP) is 2.10. The Morgan fingerprint density at radius 3 is 2.53 bits per heavy atom. The first-order valence-corrected chi connectivity index (χ1v) is 7.49. The van der Waals surface area contributed by atoms with Gasteiger partial charge in [-0.05, 0) is 30.0 Å². The molecule has 0 saturated heterocycles. The molecular formula is C13H19NO4S. The fourth-order valence-corrected chi connectivity index (χ4v) is 2.58. The van der Waals surface area contributed by atoms with Crippen LogP contribution in [0.4, 0.5) is 0 Å². The second-order valence-corrected chi connectivity index (χ2v) is 6.94. The van der Waals surface area contributed by atoms with Crippen LogP contribution in [0.15, 0.2) is 29.2 Å². The van der Waals surface area contributed by atoms with Gasteiger partial charge in [-0.15, -0.1) is 0 Å². The lowest BCUT2D eigenvalue weighted by molar-refractivity contribution is 0.0696. The van der Waals surface area contributed by atoms with E-state index in [1.54, 1.807) is 0 Å². The zero-order valence-corrected chi connectivity index (χ0v) is 12.1. The summed E-state index contributed by atoms with van der Waals surface area (Å²) in [5, 5.41) is 8.86. The third-order valence-electron chi connectivity index (χ3n) is 3.09. The van der Waals surface area contributed by atoms with Crippen LogP contribution in [0.5, 0.6) is 0 Å². The van der Waals surface area contributed by atoms with Crippen molar-refractivity contribution in [2.45, 2.75) is 32.1 Å². The molecule has 0 spiro atoms. The predicted molar refractivity (Wildman–Crippen MR) is 72.7 cm³/mol. The van der Waals surface area contributed by atoms with Crippen LogP contribution in [0.2, 0.25) is 0 Å². The number of nitrogens with one attached hydrogen (secondary N) is 1. The summed E-state index contributed by atoms with van der Waals surface area (Å²) in [6, 6.07) is 5.32. The van der Waals surface area contributed by atoms with Gasteiger partial charge in [0.15, 0.2) is 0 Å². The summed E-state index contributed by atoms with van der Waals surface area (Å²) in [6.45, 7) is 6.22. The van der Waals surface area contributed by atoms with Gasteiger partial charge in [0.05, 0.1) is 10.5 Å². The van der Waals surface area contributed by atoms with Crippen LogP contribution >= 0.6 is 0 Å². The number of hydrogen-bond acceptors (Lipinski definition) is 3. The molecule has 2 N–H and O–H groups in total. The number of carboxylic acids is 1. The molecule has 0 saturated carbocycles. The summed E-state index contributed by atoms with van der Waals surface area (Å²) in [7, 11) is -3.67. The Labute approximate surface area is 113 Å². The molecule has 0 aliphatic carbocycles. The molecule has 1 aromatic rings. The highest BCUT2D eigenvalue weighted by atomic mass is 32.2. The van der Waals surface area contributed by atoms with Gasteiger partial charge in [0.25, 0.3) is 0 Å². The first-order chi connectivity index (χ1) is 8.68. The Hall–Kier alpha value is -1.40. The van der Waals surface area contributed by atoms with Crippen molar-refractivity contribution < 1.29 is 18.3 Å². The van der Waals surface area contributed by atoms with Gasteiger partial charge >= 0.3 is 5.97 Å². The van der Waals surface area contributed by atoms with Crippen molar-refractivity contribution >= 4 is 16.0 Å². The average molecular weight is 285 g/mol. The van der Waals surface area contributed by atoms with Crippen molar-refractivity contribution in [1.82, 2.24) is 4.72 Å². The molecule has 0 fully saturated rings. The summed E-state index contributed by atoms with van der Waals surface area (Å²) in [5.41, 5.74) is -0.185. The molecule has 5 nitrogen and oxygen atoms in total. The quantitative estimate of drug-likeness (QED) is 0.838. The van der Waals surface area contributed by atoms with Crippen molar-refractivity contribution in [1.29, 1.82) is 0 Å². The zero-order valence-electron chi connectivity index (χ0n) is 11.3. The highest BCUT2D eigenvalue weighted by molar-refractivity contribution is 7.89. The highest BCUT2D eigenvalue weighted by Gasteiger charge is 2.21. The van der Waals surface area contributed by atoms with Gasteiger partial charge in [-0.1, -0.05) is 26.8 Å². The summed E-state index contributed by atoms with van der Waals surface area (Å²) in [6.07, 6.45) is 0.838. The Morgan fingerprint density at radius 1 is 1.37 bits per heavy atom. The molecule has 0 radical (unpaired) electrons. The van der Waals surface area contributed by atoms with Crippen LogP contribution in [0.25, 0.3) is 0 Å². The number of carbonyl (C=O) groups is 1. The van der Waals surface area contributed by atoms with Crippen molar-refractivity contribution in [3.63, 3.8) is 0 Å². The highest BCUT2D eigenvalue weighted by Crippen LogP contribution is 2.19. The molecule has 0 aromatic heterocycles. The SMILES string of the molecule is CCC(C)(C)CNS(=O)(=O)c1cccc(C(=O)O)c1. The van der Waals surface area contributed by atoms with E-state index in [4.69, 9.17) is 5.11 Å². The molecule has 0 heterocycles. The van der Waals surface area contributed by atoms with E-state index >= 15 is 0 Å². The van der Waals surface area contributed by atoms with Gasteiger partial charge in [-0.2, -0.15) is 0 Å². The first-order valence-electron chi connectivity index (χ1n) is 6.01. The summed E-state index contributed by atoms with van der Waals surface area (Å²) in [4.78, 5) is 10.8. The van der Waals surface area contributed by atoms with Gasteiger partial charge in [-0.25, -0.2) is 17.9 Å². The Balaban J connectivity index is 2.95. The average Bonchev–Trinajstić information content (AvgIpc) is 2.37. The van der Waals surface area contributed by atoms with E-state index < -0.39 is 16.0 Å². The zero-order chi connectivity index (χ0) is 14.7. The molecule has 106 valence electrons. The van der Waals surface area contributed by atoms with E-state index in [0.29, 0.717) is 6.54 Å². The van der Waals surface area contributed by atoms with Crippen molar-refractivity contribution in [3.8, 4) is 0 Å². The largest absolute Gasteiger partial charge is 0.478 e. The van der Waals surface area contributed by atoms with Crippen LogP contribution < -0.4 is 4.72 Å². The molecule has 0 atom stereocenters. The molecule has 0 bridgehead atoms. The number of rotatable bonds is 6. The Morgan fingerprint density at radius 2 is 2.00 bits per heavy atom. The molecule has 0 unspecified atom stereocenters. The van der Waals surface area contributed by atoms with Crippen molar-refractivity contribution in [2.75, 3.05) is 6.54 Å². The van der Waals surface area contributed by atoms with E-state index in [9.17, 15) is 13.2 Å². The van der Waals surface area contributed by atoms with E-state index in [0.717, 1.165) is 12.5 Å². The molecule has 0 amide bonds. The van der Waals surface area contributed by atoms with Gasteiger partial charge < -0.3 is 5.11 Å². The lowest BCUT2D eigenvalue weighted by Crippen LogP contribution is -2.33. The monoisotopic (exact) mass is 285 g/mol. The van der Waals surface area contributed by atoms with Gasteiger partial charge in [0.2, 0.25) is 10.0 Å². The minimum atomic E-state index is -3.67. The topological polar surface area (TPSA) is 83.5 Å². The number of hydrogen-bond donors (Lipinski definition) is 2. The standard InChI is InChI=1S/C13H19NO4S/c1-4-13(2,3)9-14-19(17,18)11-7-5-6-10(8-11)12(15)16/h5-8,14H,4,9H2,1-3H3,(H,15,16). The van der Waals surface area contributed by atoms with Crippen molar-refractivity contribution in [3.05, 3.63) is 29.8 Å². The lowest BCUT2D eigenvalue weighted by Gasteiger charge is -2.22. The van der Waals surface area contributed by atoms with E-state index in [1.807, 2.05) is 20.8 Å². The van der Waals surface area contributed by atoms with Crippen LogP contribution in [0.1, 0.15) is 37.6 Å². The summed E-state index contributed by atoms with van der Waals surface area (Å²) in [5.74, 6) is -1.15. The third kappa shape index (κ3) is 4.33. The second kappa shape index (κ2) is 5.71. The smallest absolute Gasteiger partial charge is 0.335 e. The van der Waals surface area contributed by atoms with Crippen molar-refractivity contribution in [2.24, 2.45) is 5.41 Å². The second-order valence-electron chi connectivity index (χ2n) is 5.18.